The minimum absolute atomic E-state index is 0.106. The van der Waals surface area contributed by atoms with Crippen LogP contribution in [0.15, 0.2) is 47.4 Å². The Labute approximate surface area is 187 Å². The number of nitrogens with one attached hydrogen (secondary N) is 1. The van der Waals surface area contributed by atoms with Crippen molar-refractivity contribution in [2.45, 2.75) is 33.1 Å². The summed E-state index contributed by atoms with van der Waals surface area (Å²) in [6, 6.07) is 13.5. The highest BCUT2D eigenvalue weighted by molar-refractivity contribution is 8.18. The van der Waals surface area contributed by atoms with Gasteiger partial charge in [0.1, 0.15) is 19.0 Å². The van der Waals surface area contributed by atoms with E-state index >= 15 is 0 Å². The van der Waals surface area contributed by atoms with Gasteiger partial charge in [-0.1, -0.05) is 39.0 Å². The van der Waals surface area contributed by atoms with Crippen LogP contribution in [0.4, 0.5) is 4.79 Å². The third-order valence-corrected chi connectivity index (χ3v) is 5.35. The van der Waals surface area contributed by atoms with E-state index in [9.17, 15) is 9.59 Å². The van der Waals surface area contributed by atoms with E-state index in [2.05, 4.69) is 38.2 Å². The number of benzene rings is 2. The standard InChI is InChI=1S/C24H27NO5S/c1-5-28-20-14-16(15-21-22(26)25-23(27)31-21)6-11-19(20)30-13-12-29-18-9-7-17(8-10-18)24(2,3)4/h6-11,14-15H,5,12-13H2,1-4H3,(H,25,26,27)/b21-15+. The summed E-state index contributed by atoms with van der Waals surface area (Å²) in [7, 11) is 0. The minimum atomic E-state index is -0.388. The lowest BCUT2D eigenvalue weighted by Gasteiger charge is -2.19. The van der Waals surface area contributed by atoms with Gasteiger partial charge in [0.2, 0.25) is 0 Å². The zero-order valence-electron chi connectivity index (χ0n) is 18.2. The van der Waals surface area contributed by atoms with Crippen molar-refractivity contribution in [2.24, 2.45) is 0 Å². The lowest BCUT2D eigenvalue weighted by Crippen LogP contribution is -2.17. The van der Waals surface area contributed by atoms with E-state index in [1.807, 2.05) is 25.1 Å². The summed E-state index contributed by atoms with van der Waals surface area (Å²) in [5, 5.41) is 1.88. The van der Waals surface area contributed by atoms with Gasteiger partial charge in [0.05, 0.1) is 11.5 Å². The van der Waals surface area contributed by atoms with Crippen LogP contribution in [0.1, 0.15) is 38.8 Å². The van der Waals surface area contributed by atoms with Crippen LogP contribution in [0, 0.1) is 0 Å². The van der Waals surface area contributed by atoms with E-state index in [0.717, 1.165) is 23.1 Å². The molecule has 2 aromatic rings. The molecular formula is C24H27NO5S. The molecule has 0 bridgehead atoms. The van der Waals surface area contributed by atoms with Gasteiger partial charge >= 0.3 is 0 Å². The molecule has 7 heteroatoms. The molecule has 1 saturated heterocycles. The fourth-order valence-corrected chi connectivity index (χ4v) is 3.62. The molecule has 3 rings (SSSR count). The van der Waals surface area contributed by atoms with E-state index < -0.39 is 0 Å². The number of hydrogen-bond acceptors (Lipinski definition) is 6. The number of thioether (sulfide) groups is 1. The number of imide groups is 1. The Morgan fingerprint density at radius 3 is 2.26 bits per heavy atom. The third kappa shape index (κ3) is 6.28. The molecule has 0 radical (unpaired) electrons. The van der Waals surface area contributed by atoms with E-state index in [-0.39, 0.29) is 16.6 Å². The Morgan fingerprint density at radius 2 is 1.65 bits per heavy atom. The van der Waals surface area contributed by atoms with Crippen LogP contribution in [0.2, 0.25) is 0 Å². The Balaban J connectivity index is 1.59. The molecule has 0 saturated carbocycles. The first-order valence-electron chi connectivity index (χ1n) is 10.1. The number of amides is 2. The smallest absolute Gasteiger partial charge is 0.290 e. The summed E-state index contributed by atoms with van der Waals surface area (Å²) >= 11 is 0.882. The van der Waals surface area contributed by atoms with Crippen LogP contribution in [-0.2, 0) is 10.2 Å². The highest BCUT2D eigenvalue weighted by Crippen LogP contribution is 2.32. The molecule has 6 nitrogen and oxygen atoms in total. The van der Waals surface area contributed by atoms with Gasteiger partial charge in [-0.2, -0.15) is 0 Å². The lowest BCUT2D eigenvalue weighted by molar-refractivity contribution is -0.115. The molecule has 31 heavy (non-hydrogen) atoms. The summed E-state index contributed by atoms with van der Waals surface area (Å²) in [5.74, 6) is 1.57. The number of carbonyl (C=O) groups is 2. The average Bonchev–Trinajstić information content (AvgIpc) is 3.03. The maximum Gasteiger partial charge on any atom is 0.290 e. The summed E-state index contributed by atoms with van der Waals surface area (Å²) in [6.07, 6.45) is 1.65. The van der Waals surface area contributed by atoms with Gasteiger partial charge in [-0.15, -0.1) is 0 Å². The van der Waals surface area contributed by atoms with Gasteiger partial charge in [0.15, 0.2) is 11.5 Å². The molecule has 0 atom stereocenters. The van der Waals surface area contributed by atoms with Gasteiger partial charge in [0, 0.05) is 0 Å². The van der Waals surface area contributed by atoms with Gasteiger partial charge < -0.3 is 14.2 Å². The molecule has 1 aliphatic heterocycles. The van der Waals surface area contributed by atoms with Crippen molar-refractivity contribution in [3.8, 4) is 17.2 Å². The molecular weight excluding hydrogens is 414 g/mol. The molecule has 1 aliphatic rings. The van der Waals surface area contributed by atoms with E-state index in [1.165, 1.54) is 5.56 Å². The van der Waals surface area contributed by atoms with Crippen LogP contribution in [0.25, 0.3) is 6.08 Å². The van der Waals surface area contributed by atoms with Crippen LogP contribution >= 0.6 is 11.8 Å². The van der Waals surface area contributed by atoms with E-state index in [4.69, 9.17) is 14.2 Å². The van der Waals surface area contributed by atoms with Gasteiger partial charge in [-0.25, -0.2) is 0 Å². The zero-order valence-corrected chi connectivity index (χ0v) is 19.0. The van der Waals surface area contributed by atoms with Gasteiger partial charge in [0.25, 0.3) is 11.1 Å². The summed E-state index contributed by atoms with van der Waals surface area (Å²) in [4.78, 5) is 23.4. The summed E-state index contributed by atoms with van der Waals surface area (Å²) < 4.78 is 17.3. The molecule has 1 N–H and O–H groups in total. The van der Waals surface area contributed by atoms with Crippen molar-refractivity contribution < 1.29 is 23.8 Å². The van der Waals surface area contributed by atoms with Crippen molar-refractivity contribution >= 4 is 29.0 Å². The fraction of sp³-hybridized carbons (Fsp3) is 0.333. The van der Waals surface area contributed by atoms with Crippen LogP contribution < -0.4 is 19.5 Å². The highest BCUT2D eigenvalue weighted by atomic mass is 32.2. The van der Waals surface area contributed by atoms with Crippen molar-refractivity contribution in [1.29, 1.82) is 0 Å². The third-order valence-electron chi connectivity index (χ3n) is 4.54. The van der Waals surface area contributed by atoms with Crippen LogP contribution in [0.3, 0.4) is 0 Å². The number of rotatable bonds is 8. The number of hydrogen-bond donors (Lipinski definition) is 1. The normalized spacial score (nSPS) is 15.2. The van der Waals surface area contributed by atoms with Crippen LogP contribution in [-0.4, -0.2) is 31.0 Å². The second kappa shape index (κ2) is 9.92. The molecule has 1 heterocycles. The highest BCUT2D eigenvalue weighted by Gasteiger charge is 2.25. The topological polar surface area (TPSA) is 73.9 Å². The molecule has 2 amide bonds. The zero-order chi connectivity index (χ0) is 22.4. The molecule has 0 spiro atoms. The molecule has 0 unspecified atom stereocenters. The van der Waals surface area contributed by atoms with Crippen LogP contribution in [0.5, 0.6) is 17.2 Å². The second-order valence-corrected chi connectivity index (χ2v) is 8.98. The quantitative estimate of drug-likeness (QED) is 0.450. The maximum absolute atomic E-state index is 11.7. The largest absolute Gasteiger partial charge is 0.490 e. The number of ether oxygens (including phenoxy) is 3. The average molecular weight is 442 g/mol. The Kier molecular flexibility index (Phi) is 7.28. The first kappa shape index (κ1) is 22.7. The first-order valence-corrected chi connectivity index (χ1v) is 11.0. The Bertz CT molecular complexity index is 976. The number of carbonyl (C=O) groups excluding carboxylic acids is 2. The van der Waals surface area contributed by atoms with Gasteiger partial charge in [-0.05, 0) is 65.6 Å². The van der Waals surface area contributed by atoms with Crippen molar-refractivity contribution in [3.05, 3.63) is 58.5 Å². The predicted molar refractivity (Wildman–Crippen MR) is 123 cm³/mol. The van der Waals surface area contributed by atoms with Crippen molar-refractivity contribution in [1.82, 2.24) is 5.32 Å². The Hall–Kier alpha value is -2.93. The molecule has 164 valence electrons. The minimum Gasteiger partial charge on any atom is -0.490 e. The molecule has 2 aromatic carbocycles. The molecule has 0 aliphatic carbocycles. The van der Waals surface area contributed by atoms with E-state index in [0.29, 0.717) is 36.2 Å². The SMILES string of the molecule is CCOc1cc(/C=C2/SC(=O)NC2=O)ccc1OCCOc1ccc(C(C)(C)C)cc1. The lowest BCUT2D eigenvalue weighted by atomic mass is 9.87. The maximum atomic E-state index is 11.7. The summed E-state index contributed by atoms with van der Waals surface area (Å²) in [5.41, 5.74) is 2.11. The molecule has 1 fully saturated rings. The fourth-order valence-electron chi connectivity index (χ4n) is 2.94. The summed E-state index contributed by atoms with van der Waals surface area (Å²) in [6.45, 7) is 9.64. The van der Waals surface area contributed by atoms with E-state index in [1.54, 1.807) is 18.2 Å². The van der Waals surface area contributed by atoms with Crippen molar-refractivity contribution in [2.75, 3.05) is 19.8 Å². The first-order chi connectivity index (χ1) is 14.8. The Morgan fingerprint density at radius 1 is 0.935 bits per heavy atom. The monoisotopic (exact) mass is 441 g/mol. The predicted octanol–water partition coefficient (Wildman–Crippen LogP) is 5.16. The second-order valence-electron chi connectivity index (χ2n) is 7.96. The van der Waals surface area contributed by atoms with Gasteiger partial charge in [-0.3, -0.25) is 14.9 Å². The molecule has 0 aromatic heterocycles. The van der Waals surface area contributed by atoms with Crippen molar-refractivity contribution in [3.63, 3.8) is 0 Å².